The minimum absolute atomic E-state index is 0.0762. The number of fused-ring (bicyclic) bond motifs is 1. The number of likely N-dealkylation sites (N-methyl/N-ethyl adjacent to an activating group) is 1. The van der Waals surface area contributed by atoms with Crippen LogP contribution in [-0.4, -0.2) is 67.6 Å². The number of nitrogens with one attached hydrogen (secondary N) is 1. The van der Waals surface area contributed by atoms with Crippen LogP contribution in [0.15, 0.2) is 48.7 Å². The van der Waals surface area contributed by atoms with Crippen molar-refractivity contribution in [3.05, 3.63) is 59.8 Å². The van der Waals surface area contributed by atoms with Crippen LogP contribution in [-0.2, 0) is 4.79 Å². The summed E-state index contributed by atoms with van der Waals surface area (Å²) in [5, 5.41) is 1.14. The number of benzene rings is 2. The molecule has 3 aromatic rings. The summed E-state index contributed by atoms with van der Waals surface area (Å²) >= 11 is 0. The highest BCUT2D eigenvalue weighted by molar-refractivity contribution is 5.86. The van der Waals surface area contributed by atoms with Crippen LogP contribution in [0.2, 0.25) is 0 Å². The lowest BCUT2D eigenvalue weighted by molar-refractivity contribution is -0.133. The highest BCUT2D eigenvalue weighted by Gasteiger charge is 2.27. The van der Waals surface area contributed by atoms with E-state index in [0.29, 0.717) is 17.9 Å². The van der Waals surface area contributed by atoms with Gasteiger partial charge in [-0.1, -0.05) is 31.2 Å². The number of rotatable bonds is 7. The van der Waals surface area contributed by atoms with Gasteiger partial charge in [0.15, 0.2) is 11.5 Å². The predicted molar refractivity (Wildman–Crippen MR) is 123 cm³/mol. The van der Waals surface area contributed by atoms with Crippen molar-refractivity contribution in [3.8, 4) is 11.5 Å². The second-order valence-electron chi connectivity index (χ2n) is 7.98. The SMILES string of the molecule is CCN1CCN(C(=O)C[C@@H](c2ccc(OC)c(OC)c2)c2c[nH]c3ccccc23)CC1. The minimum Gasteiger partial charge on any atom is -0.493 e. The largest absolute Gasteiger partial charge is 0.493 e. The van der Waals surface area contributed by atoms with Crippen LogP contribution < -0.4 is 9.47 Å². The van der Waals surface area contributed by atoms with Crippen molar-refractivity contribution >= 4 is 16.8 Å². The van der Waals surface area contributed by atoms with Crippen LogP contribution in [0.5, 0.6) is 11.5 Å². The van der Waals surface area contributed by atoms with Crippen LogP contribution >= 0.6 is 0 Å². The number of aromatic nitrogens is 1. The van der Waals surface area contributed by atoms with E-state index in [0.717, 1.165) is 54.8 Å². The minimum atomic E-state index is -0.0762. The number of piperazine rings is 1. The average molecular weight is 422 g/mol. The molecule has 0 saturated carbocycles. The molecule has 164 valence electrons. The molecule has 0 radical (unpaired) electrons. The normalized spacial score (nSPS) is 15.8. The number of carbonyl (C=O) groups is 1. The van der Waals surface area contributed by atoms with Gasteiger partial charge in [0.1, 0.15) is 0 Å². The number of methoxy groups -OCH3 is 2. The standard InChI is InChI=1S/C25H31N3O3/c1-4-27-11-13-28(14-12-27)25(29)16-20(18-9-10-23(30-2)24(15-18)31-3)21-17-26-22-8-6-5-7-19(21)22/h5-10,15,17,20,26H,4,11-14,16H2,1-3H3/t20-/m0/s1. The summed E-state index contributed by atoms with van der Waals surface area (Å²) in [6.07, 6.45) is 2.46. The molecular weight excluding hydrogens is 390 g/mol. The second kappa shape index (κ2) is 9.43. The summed E-state index contributed by atoms with van der Waals surface area (Å²) in [5.74, 6) is 1.48. The van der Waals surface area contributed by atoms with Crippen LogP contribution in [0, 0.1) is 0 Å². The van der Waals surface area contributed by atoms with E-state index in [9.17, 15) is 4.79 Å². The molecule has 0 bridgehead atoms. The first kappa shape index (κ1) is 21.2. The van der Waals surface area contributed by atoms with Gasteiger partial charge in [-0.05, 0) is 35.9 Å². The summed E-state index contributed by atoms with van der Waals surface area (Å²) in [4.78, 5) is 21.1. The lowest BCUT2D eigenvalue weighted by Gasteiger charge is -2.35. The maximum absolute atomic E-state index is 13.3. The van der Waals surface area contributed by atoms with Crippen molar-refractivity contribution in [2.75, 3.05) is 46.9 Å². The molecule has 1 aliphatic heterocycles. The number of nitrogens with zero attached hydrogens (tertiary/aromatic N) is 2. The molecule has 6 nitrogen and oxygen atoms in total. The third kappa shape index (κ3) is 4.39. The van der Waals surface area contributed by atoms with Crippen molar-refractivity contribution < 1.29 is 14.3 Å². The molecule has 1 aliphatic rings. The molecule has 1 atom stereocenters. The second-order valence-corrected chi connectivity index (χ2v) is 7.98. The summed E-state index contributed by atoms with van der Waals surface area (Å²) in [7, 11) is 3.27. The first-order valence-electron chi connectivity index (χ1n) is 10.9. The van der Waals surface area contributed by atoms with Crippen LogP contribution in [0.4, 0.5) is 0 Å². The molecule has 2 heterocycles. The highest BCUT2D eigenvalue weighted by atomic mass is 16.5. The van der Waals surface area contributed by atoms with E-state index in [4.69, 9.17) is 9.47 Å². The van der Waals surface area contributed by atoms with Crippen molar-refractivity contribution in [2.45, 2.75) is 19.3 Å². The van der Waals surface area contributed by atoms with Gasteiger partial charge in [0.2, 0.25) is 5.91 Å². The number of amides is 1. The molecule has 31 heavy (non-hydrogen) atoms. The van der Waals surface area contributed by atoms with E-state index in [-0.39, 0.29) is 11.8 Å². The van der Waals surface area contributed by atoms with Gasteiger partial charge in [-0.25, -0.2) is 0 Å². The Bertz CT molecular complexity index is 1040. The lowest BCUT2D eigenvalue weighted by atomic mass is 9.87. The maximum Gasteiger partial charge on any atom is 0.223 e. The Kier molecular flexibility index (Phi) is 6.47. The average Bonchev–Trinajstić information content (AvgIpc) is 3.26. The smallest absolute Gasteiger partial charge is 0.223 e. The summed E-state index contributed by atoms with van der Waals surface area (Å²) in [6, 6.07) is 14.2. The predicted octanol–water partition coefficient (Wildman–Crippen LogP) is 3.87. The molecule has 1 saturated heterocycles. The molecule has 1 amide bonds. The zero-order chi connectivity index (χ0) is 21.8. The fraction of sp³-hybridized carbons (Fsp3) is 0.400. The van der Waals surface area contributed by atoms with Crippen molar-refractivity contribution in [3.63, 3.8) is 0 Å². The Morgan fingerprint density at radius 2 is 1.77 bits per heavy atom. The first-order valence-corrected chi connectivity index (χ1v) is 10.9. The first-order chi connectivity index (χ1) is 15.1. The van der Waals surface area contributed by atoms with Crippen LogP contribution in [0.25, 0.3) is 10.9 Å². The molecule has 4 rings (SSSR count). The topological polar surface area (TPSA) is 57.8 Å². The summed E-state index contributed by atoms with van der Waals surface area (Å²) < 4.78 is 11.0. The van der Waals surface area contributed by atoms with E-state index in [1.165, 1.54) is 0 Å². The van der Waals surface area contributed by atoms with Crippen LogP contribution in [0.3, 0.4) is 0 Å². The van der Waals surface area contributed by atoms with Gasteiger partial charge in [-0.2, -0.15) is 0 Å². The fourth-order valence-electron chi connectivity index (χ4n) is 4.48. The number of H-pyrrole nitrogens is 1. The highest BCUT2D eigenvalue weighted by Crippen LogP contribution is 2.38. The number of hydrogen-bond acceptors (Lipinski definition) is 4. The van der Waals surface area contributed by atoms with E-state index >= 15 is 0 Å². The van der Waals surface area contributed by atoms with Gasteiger partial charge in [0.25, 0.3) is 0 Å². The molecule has 6 heteroatoms. The van der Waals surface area contributed by atoms with E-state index in [2.05, 4.69) is 28.9 Å². The molecule has 0 aliphatic carbocycles. The monoisotopic (exact) mass is 421 g/mol. The van der Waals surface area contributed by atoms with Gasteiger partial charge >= 0.3 is 0 Å². The Morgan fingerprint density at radius 1 is 1.03 bits per heavy atom. The Labute approximate surface area is 183 Å². The van der Waals surface area contributed by atoms with Gasteiger partial charge in [-0.3, -0.25) is 4.79 Å². The van der Waals surface area contributed by atoms with Crippen molar-refractivity contribution in [2.24, 2.45) is 0 Å². The fourth-order valence-corrected chi connectivity index (χ4v) is 4.48. The number of para-hydroxylation sites is 1. The van der Waals surface area contributed by atoms with Gasteiger partial charge in [0.05, 0.1) is 14.2 Å². The van der Waals surface area contributed by atoms with Gasteiger partial charge < -0.3 is 24.3 Å². The molecular formula is C25H31N3O3. The zero-order valence-electron chi connectivity index (χ0n) is 18.6. The quantitative estimate of drug-likeness (QED) is 0.629. The Morgan fingerprint density at radius 3 is 2.48 bits per heavy atom. The third-order valence-electron chi connectivity index (χ3n) is 6.36. The van der Waals surface area contributed by atoms with Crippen molar-refractivity contribution in [1.29, 1.82) is 0 Å². The third-order valence-corrected chi connectivity index (χ3v) is 6.36. The summed E-state index contributed by atoms with van der Waals surface area (Å²) in [6.45, 7) is 6.67. The van der Waals surface area contributed by atoms with Gasteiger partial charge in [0, 0.05) is 55.6 Å². The zero-order valence-corrected chi connectivity index (χ0v) is 18.6. The van der Waals surface area contributed by atoms with Crippen LogP contribution in [0.1, 0.15) is 30.4 Å². The number of hydrogen-bond donors (Lipinski definition) is 1. The molecule has 2 aromatic carbocycles. The summed E-state index contributed by atoms with van der Waals surface area (Å²) in [5.41, 5.74) is 3.25. The van der Waals surface area contributed by atoms with Crippen molar-refractivity contribution in [1.82, 2.24) is 14.8 Å². The Balaban J connectivity index is 1.67. The number of ether oxygens (including phenoxy) is 2. The Hall–Kier alpha value is -2.99. The van der Waals surface area contributed by atoms with E-state index in [1.807, 2.05) is 41.4 Å². The number of aromatic amines is 1. The molecule has 1 N–H and O–H groups in total. The van der Waals surface area contributed by atoms with E-state index in [1.54, 1.807) is 14.2 Å². The van der Waals surface area contributed by atoms with E-state index < -0.39 is 0 Å². The molecule has 0 unspecified atom stereocenters. The number of carbonyl (C=O) groups excluding carboxylic acids is 1. The molecule has 1 fully saturated rings. The maximum atomic E-state index is 13.3. The van der Waals surface area contributed by atoms with Gasteiger partial charge in [-0.15, -0.1) is 0 Å². The molecule has 1 aromatic heterocycles. The lowest BCUT2D eigenvalue weighted by Crippen LogP contribution is -2.48. The molecule has 0 spiro atoms.